The predicted octanol–water partition coefficient (Wildman–Crippen LogP) is 4.51. The first-order chi connectivity index (χ1) is 15.3. The Kier molecular flexibility index (Phi) is 4.40. The number of aromatic nitrogens is 5. The van der Waals surface area contributed by atoms with E-state index in [9.17, 15) is 18.0 Å². The monoisotopic (exact) mass is 438 g/mol. The molecule has 0 aliphatic heterocycles. The Balaban J connectivity index is 1.66. The number of carbonyl (C=O) groups excluding carboxylic acids is 1. The number of nitrogens with one attached hydrogen (secondary N) is 1. The van der Waals surface area contributed by atoms with Crippen LogP contribution < -0.4 is 5.32 Å². The van der Waals surface area contributed by atoms with Crippen LogP contribution in [0.1, 0.15) is 21.6 Å². The van der Waals surface area contributed by atoms with E-state index in [-0.39, 0.29) is 22.5 Å². The summed E-state index contributed by atoms with van der Waals surface area (Å²) in [5, 5.41) is 11.0. The summed E-state index contributed by atoms with van der Waals surface area (Å²) >= 11 is 0. The summed E-state index contributed by atoms with van der Waals surface area (Å²) in [5.74, 6) is -0.251. The number of rotatable bonds is 3. The molecule has 8 nitrogen and oxygen atoms in total. The van der Waals surface area contributed by atoms with Crippen LogP contribution in [0.25, 0.3) is 28.0 Å². The van der Waals surface area contributed by atoms with Gasteiger partial charge in [0.2, 0.25) is 0 Å². The molecule has 0 fully saturated rings. The largest absolute Gasteiger partial charge is 0.417 e. The van der Waals surface area contributed by atoms with Gasteiger partial charge >= 0.3 is 6.18 Å². The summed E-state index contributed by atoms with van der Waals surface area (Å²) in [5.41, 5.74) is -0.189. The first-order valence-electron chi connectivity index (χ1n) is 9.36. The second-order valence-electron chi connectivity index (χ2n) is 6.93. The van der Waals surface area contributed by atoms with Crippen molar-refractivity contribution in [3.05, 3.63) is 71.7 Å². The van der Waals surface area contributed by atoms with Crippen molar-refractivity contribution in [2.75, 3.05) is 5.32 Å². The summed E-state index contributed by atoms with van der Waals surface area (Å²) in [7, 11) is 0. The predicted molar refractivity (Wildman–Crippen MR) is 108 cm³/mol. The van der Waals surface area contributed by atoms with Crippen molar-refractivity contribution < 1.29 is 22.5 Å². The van der Waals surface area contributed by atoms with Gasteiger partial charge in [-0.1, -0.05) is 23.4 Å². The number of anilines is 1. The summed E-state index contributed by atoms with van der Waals surface area (Å²) in [6.07, 6.45) is -1.57. The molecule has 5 aromatic rings. The molecule has 0 saturated heterocycles. The van der Waals surface area contributed by atoms with Gasteiger partial charge in [-0.2, -0.15) is 22.8 Å². The van der Waals surface area contributed by atoms with E-state index in [1.807, 2.05) is 0 Å². The average Bonchev–Trinajstić information content (AvgIpc) is 3.40. The number of fused-ring (bicyclic) bond motifs is 2. The van der Waals surface area contributed by atoms with E-state index in [0.717, 1.165) is 6.07 Å². The second kappa shape index (κ2) is 7.15. The van der Waals surface area contributed by atoms with E-state index in [1.165, 1.54) is 41.2 Å². The van der Waals surface area contributed by atoms with E-state index in [2.05, 4.69) is 25.5 Å². The fourth-order valence-electron chi connectivity index (χ4n) is 3.48. The van der Waals surface area contributed by atoms with Gasteiger partial charge in [0.05, 0.1) is 34.1 Å². The Morgan fingerprint density at radius 2 is 1.94 bits per heavy atom. The number of alkyl halides is 3. The fourth-order valence-corrected chi connectivity index (χ4v) is 3.48. The number of aryl methyl sites for hydroxylation is 1. The van der Waals surface area contributed by atoms with Crippen molar-refractivity contribution in [3.8, 4) is 11.3 Å². The van der Waals surface area contributed by atoms with Crippen molar-refractivity contribution in [2.45, 2.75) is 13.1 Å². The van der Waals surface area contributed by atoms with Gasteiger partial charge in [-0.25, -0.2) is 9.97 Å². The van der Waals surface area contributed by atoms with Gasteiger partial charge in [0, 0.05) is 17.8 Å². The lowest BCUT2D eigenvalue weighted by molar-refractivity contribution is -0.137. The first-order valence-corrected chi connectivity index (χ1v) is 9.36. The minimum Gasteiger partial charge on any atom is -0.335 e. The van der Waals surface area contributed by atoms with Gasteiger partial charge in [0.1, 0.15) is 5.82 Å². The van der Waals surface area contributed by atoms with Crippen LogP contribution >= 0.6 is 0 Å². The maximum absolute atomic E-state index is 13.6. The lowest BCUT2D eigenvalue weighted by atomic mass is 10.0. The molecular weight excluding hydrogens is 425 g/mol. The van der Waals surface area contributed by atoms with Crippen LogP contribution in [0.3, 0.4) is 0 Å². The normalized spacial score (nSPS) is 11.9. The highest BCUT2D eigenvalue weighted by Gasteiger charge is 2.34. The molecule has 5 rings (SSSR count). The van der Waals surface area contributed by atoms with Gasteiger partial charge in [-0.05, 0) is 25.1 Å². The summed E-state index contributed by atoms with van der Waals surface area (Å²) in [6.45, 7) is 1.62. The van der Waals surface area contributed by atoms with E-state index in [0.29, 0.717) is 22.5 Å². The Hall–Kier alpha value is -4.28. The molecule has 160 valence electrons. The zero-order chi connectivity index (χ0) is 22.5. The molecule has 0 atom stereocenters. The maximum Gasteiger partial charge on any atom is 0.417 e. The topological polar surface area (TPSA) is 98.2 Å². The molecule has 11 heteroatoms. The van der Waals surface area contributed by atoms with Gasteiger partial charge in [-0.3, -0.25) is 4.79 Å². The molecule has 0 radical (unpaired) electrons. The molecule has 4 aromatic heterocycles. The highest BCUT2D eigenvalue weighted by molar-refractivity contribution is 6.12. The molecule has 4 heterocycles. The SMILES string of the molecule is Cc1noc2nc(-c3ccccc3C(F)(F)F)cc(C(=O)Nc3ccnc4ccnn34)c12. The Labute approximate surface area is 177 Å². The number of hydrogen-bond acceptors (Lipinski definition) is 6. The number of benzene rings is 1. The molecule has 0 spiro atoms. The molecule has 0 unspecified atom stereocenters. The van der Waals surface area contributed by atoms with Crippen LogP contribution in [0.2, 0.25) is 0 Å². The molecule has 0 aliphatic carbocycles. The van der Waals surface area contributed by atoms with Gasteiger partial charge in [0.15, 0.2) is 5.65 Å². The lowest BCUT2D eigenvalue weighted by Gasteiger charge is -2.13. The quantitative estimate of drug-likeness (QED) is 0.445. The van der Waals surface area contributed by atoms with Crippen LogP contribution in [0.4, 0.5) is 19.0 Å². The number of hydrogen-bond donors (Lipinski definition) is 1. The Bertz CT molecular complexity index is 1490. The maximum atomic E-state index is 13.6. The highest BCUT2D eigenvalue weighted by Crippen LogP contribution is 2.37. The third-order valence-electron chi connectivity index (χ3n) is 4.90. The first kappa shape index (κ1) is 19.7. The number of pyridine rings is 1. The summed E-state index contributed by atoms with van der Waals surface area (Å²) < 4.78 is 47.3. The van der Waals surface area contributed by atoms with Crippen LogP contribution in [-0.2, 0) is 6.18 Å². The molecule has 0 aliphatic rings. The summed E-state index contributed by atoms with van der Waals surface area (Å²) in [6, 6.07) is 9.51. The van der Waals surface area contributed by atoms with Gasteiger partial charge in [0.25, 0.3) is 11.6 Å². The fraction of sp³-hybridized carbons (Fsp3) is 0.0952. The van der Waals surface area contributed by atoms with Crippen molar-refractivity contribution in [1.29, 1.82) is 0 Å². The smallest absolute Gasteiger partial charge is 0.335 e. The minimum atomic E-state index is -4.60. The van der Waals surface area contributed by atoms with Crippen molar-refractivity contribution in [2.24, 2.45) is 0 Å². The number of carbonyl (C=O) groups is 1. The standard InChI is InChI=1S/C21H13F3N6O2/c1-11-18-13(19(31)28-17-6-8-25-16-7-9-26-30(16)17)10-15(27-20(18)32-29-11)12-4-2-3-5-14(12)21(22,23)24/h2-10H,1H3,(H,28,31). The van der Waals surface area contributed by atoms with Crippen LogP contribution in [0.5, 0.6) is 0 Å². The van der Waals surface area contributed by atoms with Crippen LogP contribution in [-0.4, -0.2) is 30.6 Å². The zero-order valence-electron chi connectivity index (χ0n) is 16.4. The summed E-state index contributed by atoms with van der Waals surface area (Å²) in [4.78, 5) is 21.5. The zero-order valence-corrected chi connectivity index (χ0v) is 16.4. The van der Waals surface area contributed by atoms with E-state index >= 15 is 0 Å². The molecule has 0 saturated carbocycles. The van der Waals surface area contributed by atoms with Crippen molar-refractivity contribution in [1.82, 2.24) is 24.7 Å². The third-order valence-corrected chi connectivity index (χ3v) is 4.90. The molecule has 1 N–H and O–H groups in total. The van der Waals surface area contributed by atoms with Gasteiger partial charge in [-0.15, -0.1) is 0 Å². The Morgan fingerprint density at radius 3 is 2.75 bits per heavy atom. The van der Waals surface area contributed by atoms with E-state index in [1.54, 1.807) is 19.1 Å². The number of amides is 1. The minimum absolute atomic E-state index is 0.0407. The molecule has 1 amide bonds. The van der Waals surface area contributed by atoms with Gasteiger partial charge < -0.3 is 9.84 Å². The van der Waals surface area contributed by atoms with Crippen molar-refractivity contribution >= 4 is 28.5 Å². The van der Waals surface area contributed by atoms with E-state index in [4.69, 9.17) is 4.52 Å². The van der Waals surface area contributed by atoms with Crippen LogP contribution in [0, 0.1) is 6.92 Å². The highest BCUT2D eigenvalue weighted by atomic mass is 19.4. The molecule has 32 heavy (non-hydrogen) atoms. The molecule has 1 aromatic carbocycles. The van der Waals surface area contributed by atoms with Crippen LogP contribution in [0.15, 0.2) is 59.4 Å². The lowest BCUT2D eigenvalue weighted by Crippen LogP contribution is -2.16. The van der Waals surface area contributed by atoms with E-state index < -0.39 is 17.6 Å². The van der Waals surface area contributed by atoms with Crippen molar-refractivity contribution in [3.63, 3.8) is 0 Å². The third kappa shape index (κ3) is 3.23. The Morgan fingerprint density at radius 1 is 1.12 bits per heavy atom. The molecule has 0 bridgehead atoms. The second-order valence-corrected chi connectivity index (χ2v) is 6.93. The number of nitrogens with zero attached hydrogens (tertiary/aromatic N) is 5. The number of halogens is 3. The average molecular weight is 438 g/mol. The molecular formula is C21H13F3N6O2.